The van der Waals surface area contributed by atoms with Crippen molar-refractivity contribution in [2.45, 2.75) is 32.4 Å². The third-order valence-corrected chi connectivity index (χ3v) is 3.68. The number of para-hydroxylation sites is 1. The Morgan fingerprint density at radius 1 is 1.14 bits per heavy atom. The van der Waals surface area contributed by atoms with Gasteiger partial charge in [0.25, 0.3) is 0 Å². The van der Waals surface area contributed by atoms with Crippen molar-refractivity contribution in [2.75, 3.05) is 0 Å². The third kappa shape index (κ3) is 2.81. The molecule has 0 bridgehead atoms. The smallest absolute Gasteiger partial charge is 0.0997 e. The highest BCUT2D eigenvalue weighted by atomic mass is 16.3. The van der Waals surface area contributed by atoms with E-state index in [2.05, 4.69) is 17.0 Å². The normalized spacial score (nSPS) is 12.7. The summed E-state index contributed by atoms with van der Waals surface area (Å²) in [5.41, 5.74) is 2.94. The van der Waals surface area contributed by atoms with Gasteiger partial charge in [0.05, 0.1) is 17.3 Å². The van der Waals surface area contributed by atoms with Gasteiger partial charge in [0.15, 0.2) is 0 Å². The molecule has 3 rings (SSSR count). The lowest BCUT2D eigenvalue weighted by molar-refractivity contribution is 0.167. The Balaban J connectivity index is 1.89. The first-order chi connectivity index (χ1) is 10.3. The summed E-state index contributed by atoms with van der Waals surface area (Å²) < 4.78 is 1.88. The van der Waals surface area contributed by atoms with Crippen LogP contribution in [0.4, 0.5) is 0 Å². The van der Waals surface area contributed by atoms with Gasteiger partial charge in [-0.05, 0) is 30.2 Å². The Kier molecular flexibility index (Phi) is 3.97. The minimum atomic E-state index is -0.551. The highest BCUT2D eigenvalue weighted by molar-refractivity contribution is 5.81. The third-order valence-electron chi connectivity index (χ3n) is 3.68. The van der Waals surface area contributed by atoms with Crippen molar-refractivity contribution in [3.63, 3.8) is 0 Å². The summed E-state index contributed by atoms with van der Waals surface area (Å²) in [6.07, 6.45) is 4.56. The number of rotatable bonds is 5. The molecule has 1 aromatic carbocycles. The Morgan fingerprint density at radius 2 is 2.00 bits per heavy atom. The Hall–Kier alpha value is -2.20. The first kappa shape index (κ1) is 13.8. The first-order valence-corrected chi connectivity index (χ1v) is 7.32. The summed E-state index contributed by atoms with van der Waals surface area (Å²) >= 11 is 0. The number of aliphatic hydroxyl groups excluding tert-OH is 1. The number of hydrogen-bond donors (Lipinski definition) is 1. The van der Waals surface area contributed by atoms with Gasteiger partial charge in [-0.3, -0.25) is 9.67 Å². The molecule has 1 unspecified atom stereocenters. The lowest BCUT2D eigenvalue weighted by atomic mass is 10.0. The van der Waals surface area contributed by atoms with Crippen LogP contribution in [-0.2, 0) is 13.0 Å². The summed E-state index contributed by atoms with van der Waals surface area (Å²) in [7, 11) is 0. The summed E-state index contributed by atoms with van der Waals surface area (Å²) in [5, 5.41) is 15.9. The van der Waals surface area contributed by atoms with E-state index in [1.165, 1.54) is 0 Å². The van der Waals surface area contributed by atoms with Gasteiger partial charge >= 0.3 is 0 Å². The number of pyridine rings is 1. The second-order valence-corrected chi connectivity index (χ2v) is 5.19. The van der Waals surface area contributed by atoms with E-state index in [1.807, 2.05) is 41.1 Å². The lowest BCUT2D eigenvalue weighted by Gasteiger charge is -2.14. The van der Waals surface area contributed by atoms with Crippen molar-refractivity contribution in [3.05, 3.63) is 60.0 Å². The maximum Gasteiger partial charge on any atom is 0.0997 e. The molecule has 21 heavy (non-hydrogen) atoms. The van der Waals surface area contributed by atoms with Crippen LogP contribution in [0.25, 0.3) is 10.9 Å². The van der Waals surface area contributed by atoms with Crippen LogP contribution in [0.3, 0.4) is 0 Å². The van der Waals surface area contributed by atoms with Gasteiger partial charge in [0.2, 0.25) is 0 Å². The zero-order chi connectivity index (χ0) is 14.7. The fourth-order valence-electron chi connectivity index (χ4n) is 2.67. The maximum atomic E-state index is 10.5. The fourth-order valence-corrected chi connectivity index (χ4v) is 2.67. The van der Waals surface area contributed by atoms with Gasteiger partial charge in [0.1, 0.15) is 0 Å². The second-order valence-electron chi connectivity index (χ2n) is 5.19. The second kappa shape index (κ2) is 6.06. The minimum absolute atomic E-state index is 0.551. The SMILES string of the molecule is CCCn1nccc1C(O)Cc1ccnc2ccccc12. The van der Waals surface area contributed by atoms with Crippen LogP contribution in [-0.4, -0.2) is 19.9 Å². The largest absolute Gasteiger partial charge is 0.386 e. The van der Waals surface area contributed by atoms with E-state index in [-0.39, 0.29) is 0 Å². The quantitative estimate of drug-likeness (QED) is 0.781. The molecule has 0 fully saturated rings. The predicted molar refractivity (Wildman–Crippen MR) is 82.9 cm³/mol. The van der Waals surface area contributed by atoms with Crippen LogP contribution in [0.15, 0.2) is 48.8 Å². The number of fused-ring (bicyclic) bond motifs is 1. The molecule has 4 nitrogen and oxygen atoms in total. The molecule has 3 aromatic rings. The van der Waals surface area contributed by atoms with Crippen molar-refractivity contribution in [2.24, 2.45) is 0 Å². The lowest BCUT2D eigenvalue weighted by Crippen LogP contribution is -2.11. The summed E-state index contributed by atoms with van der Waals surface area (Å²) in [5.74, 6) is 0. The molecule has 0 spiro atoms. The average Bonchev–Trinajstić information content (AvgIpc) is 2.96. The van der Waals surface area contributed by atoms with Crippen molar-refractivity contribution >= 4 is 10.9 Å². The van der Waals surface area contributed by atoms with Gasteiger partial charge in [0, 0.05) is 30.7 Å². The van der Waals surface area contributed by atoms with E-state index in [4.69, 9.17) is 0 Å². The van der Waals surface area contributed by atoms with E-state index in [1.54, 1.807) is 12.4 Å². The minimum Gasteiger partial charge on any atom is -0.386 e. The molecule has 4 heteroatoms. The number of benzene rings is 1. The molecule has 108 valence electrons. The molecule has 0 aliphatic carbocycles. The Bertz CT molecular complexity index is 730. The standard InChI is InChI=1S/C17H19N3O/c1-2-11-20-16(8-10-19-20)17(21)12-13-7-9-18-15-6-4-3-5-14(13)15/h3-10,17,21H,2,11-12H2,1H3. The van der Waals surface area contributed by atoms with Gasteiger partial charge in [-0.2, -0.15) is 5.10 Å². The monoisotopic (exact) mass is 281 g/mol. The molecule has 0 radical (unpaired) electrons. The number of aromatic nitrogens is 3. The topological polar surface area (TPSA) is 50.9 Å². The maximum absolute atomic E-state index is 10.5. The van der Waals surface area contributed by atoms with E-state index >= 15 is 0 Å². The van der Waals surface area contributed by atoms with Crippen LogP contribution in [0.5, 0.6) is 0 Å². The molecule has 0 amide bonds. The van der Waals surface area contributed by atoms with Crippen molar-refractivity contribution in [3.8, 4) is 0 Å². The van der Waals surface area contributed by atoms with E-state index in [0.717, 1.165) is 35.1 Å². The molecule has 2 aromatic heterocycles. The Morgan fingerprint density at radius 3 is 2.86 bits per heavy atom. The number of aliphatic hydroxyl groups is 1. The van der Waals surface area contributed by atoms with E-state index < -0.39 is 6.10 Å². The summed E-state index contributed by atoms with van der Waals surface area (Å²) in [6, 6.07) is 11.9. The zero-order valence-electron chi connectivity index (χ0n) is 12.1. The number of hydrogen-bond acceptors (Lipinski definition) is 3. The average molecular weight is 281 g/mol. The molecule has 0 aliphatic rings. The molecule has 0 saturated heterocycles. The van der Waals surface area contributed by atoms with Gasteiger partial charge < -0.3 is 5.11 Å². The molecule has 0 saturated carbocycles. The number of nitrogens with zero attached hydrogens (tertiary/aromatic N) is 3. The van der Waals surface area contributed by atoms with Gasteiger partial charge in [-0.15, -0.1) is 0 Å². The summed E-state index contributed by atoms with van der Waals surface area (Å²) in [4.78, 5) is 4.36. The molecule has 2 heterocycles. The van der Waals surface area contributed by atoms with E-state index in [9.17, 15) is 5.11 Å². The molecule has 0 aliphatic heterocycles. The van der Waals surface area contributed by atoms with Crippen LogP contribution in [0, 0.1) is 0 Å². The molecule has 1 N–H and O–H groups in total. The molecular formula is C17H19N3O. The fraction of sp³-hybridized carbons (Fsp3) is 0.294. The van der Waals surface area contributed by atoms with Gasteiger partial charge in [-0.25, -0.2) is 0 Å². The summed E-state index contributed by atoms with van der Waals surface area (Å²) in [6.45, 7) is 2.94. The zero-order valence-corrected chi connectivity index (χ0v) is 12.1. The van der Waals surface area contributed by atoms with Crippen molar-refractivity contribution in [1.82, 2.24) is 14.8 Å². The molecular weight excluding hydrogens is 262 g/mol. The Labute approximate surface area is 124 Å². The van der Waals surface area contributed by atoms with Crippen molar-refractivity contribution in [1.29, 1.82) is 0 Å². The highest BCUT2D eigenvalue weighted by Crippen LogP contribution is 2.23. The van der Waals surface area contributed by atoms with E-state index in [0.29, 0.717) is 6.42 Å². The van der Waals surface area contributed by atoms with Crippen LogP contribution in [0.2, 0.25) is 0 Å². The van der Waals surface area contributed by atoms with Crippen LogP contribution in [0.1, 0.15) is 30.7 Å². The van der Waals surface area contributed by atoms with Crippen molar-refractivity contribution < 1.29 is 5.11 Å². The predicted octanol–water partition coefficient (Wildman–Crippen LogP) is 3.12. The first-order valence-electron chi connectivity index (χ1n) is 7.32. The van der Waals surface area contributed by atoms with Gasteiger partial charge in [-0.1, -0.05) is 25.1 Å². The molecule has 1 atom stereocenters. The van der Waals surface area contributed by atoms with Crippen LogP contribution >= 0.6 is 0 Å². The number of aryl methyl sites for hydroxylation is 1. The highest BCUT2D eigenvalue weighted by Gasteiger charge is 2.15. The van der Waals surface area contributed by atoms with Crippen LogP contribution < -0.4 is 0 Å².